The first-order chi connectivity index (χ1) is 19.0. The first-order valence-electron chi connectivity index (χ1n) is 14.0. The molecule has 0 saturated carbocycles. The lowest BCUT2D eigenvalue weighted by Crippen LogP contribution is -2.50. The highest BCUT2D eigenvalue weighted by molar-refractivity contribution is 7.88. The molecule has 0 N–H and O–H groups in total. The van der Waals surface area contributed by atoms with Crippen molar-refractivity contribution in [1.29, 1.82) is 0 Å². The van der Waals surface area contributed by atoms with E-state index in [0.29, 0.717) is 31.7 Å². The Bertz CT molecular complexity index is 1560. The molecule has 3 atom stereocenters. The van der Waals surface area contributed by atoms with Crippen molar-refractivity contribution in [3.05, 3.63) is 70.7 Å². The van der Waals surface area contributed by atoms with Gasteiger partial charge in [0.25, 0.3) is 5.91 Å². The number of halogens is 1. The SMILES string of the molecule is CN(C)[C@H]1CN(C2CCc3cccc(F)c32)C[C@@H]1c1cn(C)c2cc(C(=O)N3CCN(S(C)(=O)=O)CC3)ccc12. The zero-order valence-corrected chi connectivity index (χ0v) is 24.5. The van der Waals surface area contributed by atoms with E-state index in [1.54, 1.807) is 11.0 Å². The molecule has 2 fully saturated rings. The summed E-state index contributed by atoms with van der Waals surface area (Å²) in [6, 6.07) is 11.8. The Labute approximate surface area is 236 Å². The fraction of sp³-hybridized carbons (Fsp3) is 0.500. The van der Waals surface area contributed by atoms with Crippen molar-refractivity contribution in [3.63, 3.8) is 0 Å². The minimum atomic E-state index is -3.25. The number of sulfonamides is 1. The summed E-state index contributed by atoms with van der Waals surface area (Å²) < 4.78 is 42.1. The van der Waals surface area contributed by atoms with E-state index in [9.17, 15) is 17.6 Å². The van der Waals surface area contributed by atoms with E-state index >= 15 is 0 Å². The van der Waals surface area contributed by atoms with Gasteiger partial charge in [-0.25, -0.2) is 12.8 Å². The molecule has 0 radical (unpaired) electrons. The number of likely N-dealkylation sites (tertiary alicyclic amines) is 1. The monoisotopic (exact) mass is 567 g/mol. The molecule has 1 unspecified atom stereocenters. The van der Waals surface area contributed by atoms with Gasteiger partial charge in [0, 0.05) is 92.5 Å². The smallest absolute Gasteiger partial charge is 0.254 e. The van der Waals surface area contributed by atoms with Gasteiger partial charge in [0.05, 0.1) is 6.26 Å². The number of carbonyl (C=O) groups excluding carboxylic acids is 1. The van der Waals surface area contributed by atoms with Crippen LogP contribution in [0.2, 0.25) is 0 Å². The molecule has 1 aliphatic carbocycles. The summed E-state index contributed by atoms with van der Waals surface area (Å²) in [6.45, 7) is 3.14. The van der Waals surface area contributed by atoms with Crippen LogP contribution in [0.3, 0.4) is 0 Å². The Morgan fingerprint density at radius 3 is 2.50 bits per heavy atom. The Hall–Kier alpha value is -2.79. The first kappa shape index (κ1) is 27.4. The molecule has 0 spiro atoms. The van der Waals surface area contributed by atoms with E-state index in [1.807, 2.05) is 25.2 Å². The average Bonchev–Trinajstić information content (AvgIpc) is 3.63. The van der Waals surface area contributed by atoms with Gasteiger partial charge in [0.2, 0.25) is 10.0 Å². The van der Waals surface area contributed by atoms with Crippen LogP contribution in [0.1, 0.15) is 45.4 Å². The number of rotatable bonds is 5. The summed E-state index contributed by atoms with van der Waals surface area (Å²) in [4.78, 5) is 19.8. The van der Waals surface area contributed by atoms with Crippen LogP contribution in [0.5, 0.6) is 0 Å². The molecule has 1 aromatic heterocycles. The van der Waals surface area contributed by atoms with Gasteiger partial charge in [-0.05, 0) is 56.3 Å². The van der Waals surface area contributed by atoms with Crippen LogP contribution in [0.15, 0.2) is 42.6 Å². The number of aromatic nitrogens is 1. The molecule has 2 aliphatic heterocycles. The molecule has 2 saturated heterocycles. The molecule has 40 heavy (non-hydrogen) atoms. The highest BCUT2D eigenvalue weighted by atomic mass is 32.2. The van der Waals surface area contributed by atoms with Crippen molar-refractivity contribution in [2.45, 2.75) is 30.8 Å². The molecule has 3 heterocycles. The number of nitrogens with zero attached hydrogens (tertiary/aromatic N) is 5. The number of piperazine rings is 1. The molecule has 8 nitrogen and oxygen atoms in total. The van der Waals surface area contributed by atoms with Crippen molar-refractivity contribution >= 4 is 26.8 Å². The number of amides is 1. The summed E-state index contributed by atoms with van der Waals surface area (Å²) in [5, 5.41) is 1.14. The number of benzene rings is 2. The van der Waals surface area contributed by atoms with Crippen molar-refractivity contribution in [1.82, 2.24) is 23.6 Å². The van der Waals surface area contributed by atoms with Crippen LogP contribution in [0, 0.1) is 5.82 Å². The van der Waals surface area contributed by atoms with Crippen LogP contribution in [-0.2, 0) is 23.5 Å². The number of aryl methyl sites for hydroxylation is 2. The van der Waals surface area contributed by atoms with Crippen LogP contribution in [0.25, 0.3) is 10.9 Å². The van der Waals surface area contributed by atoms with Gasteiger partial charge < -0.3 is 14.4 Å². The summed E-state index contributed by atoms with van der Waals surface area (Å²) in [5.41, 5.74) is 4.88. The van der Waals surface area contributed by atoms with Crippen LogP contribution in [0.4, 0.5) is 4.39 Å². The highest BCUT2D eigenvalue weighted by Gasteiger charge is 2.42. The first-order valence-corrected chi connectivity index (χ1v) is 15.9. The maximum atomic E-state index is 14.9. The number of hydrogen-bond acceptors (Lipinski definition) is 5. The van der Waals surface area contributed by atoms with Gasteiger partial charge in [0.1, 0.15) is 5.82 Å². The second-order valence-electron chi connectivity index (χ2n) is 11.8. The summed E-state index contributed by atoms with van der Waals surface area (Å²) >= 11 is 0. The fourth-order valence-corrected chi connectivity index (χ4v) is 7.95. The third kappa shape index (κ3) is 4.74. The minimum Gasteiger partial charge on any atom is -0.350 e. The largest absolute Gasteiger partial charge is 0.350 e. The fourth-order valence-electron chi connectivity index (χ4n) is 7.12. The lowest BCUT2D eigenvalue weighted by Gasteiger charge is -2.33. The molecule has 1 amide bonds. The van der Waals surface area contributed by atoms with Gasteiger partial charge in [-0.2, -0.15) is 4.31 Å². The van der Waals surface area contributed by atoms with E-state index < -0.39 is 10.0 Å². The molecule has 214 valence electrons. The van der Waals surface area contributed by atoms with Gasteiger partial charge >= 0.3 is 0 Å². The van der Waals surface area contributed by atoms with Crippen LogP contribution >= 0.6 is 0 Å². The quantitative estimate of drug-likeness (QED) is 0.474. The average molecular weight is 568 g/mol. The molecule has 10 heteroatoms. The number of fused-ring (bicyclic) bond motifs is 2. The topological polar surface area (TPSA) is 69.1 Å². The zero-order valence-electron chi connectivity index (χ0n) is 23.7. The zero-order chi connectivity index (χ0) is 28.3. The molecular weight excluding hydrogens is 529 g/mol. The van der Waals surface area contributed by atoms with Crippen molar-refractivity contribution in [3.8, 4) is 0 Å². The summed E-state index contributed by atoms with van der Waals surface area (Å²) in [5.74, 6) is 0.0861. The Kier molecular flexibility index (Phi) is 7.01. The minimum absolute atomic E-state index is 0.0714. The normalized spacial score (nSPS) is 24.4. The molecule has 0 bridgehead atoms. The van der Waals surface area contributed by atoms with Crippen molar-refractivity contribution < 1.29 is 17.6 Å². The summed E-state index contributed by atoms with van der Waals surface area (Å²) in [7, 11) is 3.01. The third-order valence-corrected chi connectivity index (χ3v) is 10.6. The van der Waals surface area contributed by atoms with E-state index in [4.69, 9.17) is 0 Å². The van der Waals surface area contributed by atoms with Crippen molar-refractivity contribution in [2.75, 3.05) is 59.6 Å². The molecule has 6 rings (SSSR count). The molecule has 3 aromatic rings. The Balaban J connectivity index is 1.26. The van der Waals surface area contributed by atoms with Crippen LogP contribution < -0.4 is 0 Å². The van der Waals surface area contributed by atoms with E-state index in [-0.39, 0.29) is 29.7 Å². The third-order valence-electron chi connectivity index (χ3n) is 9.25. The van der Waals surface area contributed by atoms with Crippen molar-refractivity contribution in [2.24, 2.45) is 7.05 Å². The molecule has 2 aromatic carbocycles. The van der Waals surface area contributed by atoms with Crippen LogP contribution in [-0.4, -0.2) is 104 Å². The Morgan fingerprint density at radius 1 is 1.05 bits per heavy atom. The number of hydrogen-bond donors (Lipinski definition) is 0. The van der Waals surface area contributed by atoms with Gasteiger partial charge in [0.15, 0.2) is 0 Å². The maximum absolute atomic E-state index is 14.9. The predicted molar refractivity (Wildman–Crippen MR) is 154 cm³/mol. The standard InChI is InChI=1S/C30H38FN5O3S/c1-32(2)28-19-35(26-11-9-20-6-5-7-25(31)29(20)26)18-24(28)23-17-33(3)27-16-21(8-10-22(23)27)30(37)34-12-14-36(15-13-34)40(4,38)39/h5-8,10,16-17,24,26,28H,9,11-15,18-19H2,1-4H3/t24-,26?,28+/m1/s1. The lowest BCUT2D eigenvalue weighted by molar-refractivity contribution is 0.0698. The van der Waals surface area contributed by atoms with E-state index in [1.165, 1.54) is 16.1 Å². The molecule has 3 aliphatic rings. The maximum Gasteiger partial charge on any atom is 0.254 e. The summed E-state index contributed by atoms with van der Waals surface area (Å²) in [6.07, 6.45) is 5.26. The molecular formula is C30H38FN5O3S. The Morgan fingerprint density at radius 2 is 1.80 bits per heavy atom. The van der Waals surface area contributed by atoms with E-state index in [0.717, 1.165) is 48.0 Å². The van der Waals surface area contributed by atoms with E-state index in [2.05, 4.69) is 46.8 Å². The predicted octanol–water partition coefficient (Wildman–Crippen LogP) is 3.05. The van der Waals surface area contributed by atoms with Gasteiger partial charge in [-0.1, -0.05) is 18.2 Å². The second-order valence-corrected chi connectivity index (χ2v) is 13.8. The van der Waals surface area contributed by atoms with Gasteiger partial charge in [-0.3, -0.25) is 9.69 Å². The lowest BCUT2D eigenvalue weighted by atomic mass is 9.93. The second kappa shape index (κ2) is 10.2. The van der Waals surface area contributed by atoms with Gasteiger partial charge in [-0.15, -0.1) is 0 Å². The number of carbonyl (C=O) groups is 1. The number of likely N-dealkylation sites (N-methyl/N-ethyl adjacent to an activating group) is 1. The highest BCUT2D eigenvalue weighted by Crippen LogP contribution is 2.43.